The Morgan fingerprint density at radius 1 is 1.38 bits per heavy atom. The van der Waals surface area contributed by atoms with Crippen molar-refractivity contribution in [2.45, 2.75) is 26.2 Å². The molecule has 0 aliphatic rings. The third-order valence-electron chi connectivity index (χ3n) is 0.920. The standard InChI is InChI=1S/C6H13N.Lr/c1-2-3-4-5-6-7;/h2,7H,3-6H2,1H3;/q-2;. The molecule has 0 aromatic heterocycles. The number of hydrogen-bond acceptors (Lipinski definition) is 0. The third-order valence-corrected chi connectivity index (χ3v) is 0.920. The number of unbranched alkanes of at least 4 members (excludes halogenated alkanes) is 3. The monoisotopic (exact) mass is 361 g/mol. The molecule has 0 aromatic carbocycles. The largest absolute Gasteiger partial charge is 0.677 e. The Bertz CT molecular complexity index is 27.7. The van der Waals surface area contributed by atoms with Crippen LogP contribution in [0.15, 0.2) is 0 Å². The van der Waals surface area contributed by atoms with E-state index in [9.17, 15) is 0 Å². The topological polar surface area (TPSA) is 23.8 Å². The van der Waals surface area contributed by atoms with E-state index in [-0.39, 0.29) is 0 Å². The molecule has 0 saturated heterocycles. The summed E-state index contributed by atoms with van der Waals surface area (Å²) in [4.78, 5) is 0. The van der Waals surface area contributed by atoms with Crippen molar-refractivity contribution in [1.82, 2.24) is 0 Å². The average molecular weight is 361 g/mol. The van der Waals surface area contributed by atoms with Gasteiger partial charge in [-0.3, -0.25) is 0 Å². The molecular formula is C6H13LrN-2. The van der Waals surface area contributed by atoms with Crippen molar-refractivity contribution < 1.29 is 0 Å². The Kier molecular flexibility index (Phi) is 11.7. The van der Waals surface area contributed by atoms with Crippen molar-refractivity contribution in [3.8, 4) is 0 Å². The first kappa shape index (κ1) is 10.0. The fourth-order valence-corrected chi connectivity index (χ4v) is 0.473. The van der Waals surface area contributed by atoms with Crippen LogP contribution >= 0.6 is 0 Å². The molecule has 0 aliphatic carbocycles. The summed E-state index contributed by atoms with van der Waals surface area (Å²) < 4.78 is 0. The minimum absolute atomic E-state index is 0. The summed E-state index contributed by atoms with van der Waals surface area (Å²) in [5.74, 6) is 0. The van der Waals surface area contributed by atoms with E-state index in [0.717, 1.165) is 6.42 Å². The van der Waals surface area contributed by atoms with Crippen molar-refractivity contribution in [2.24, 2.45) is 0 Å². The van der Waals surface area contributed by atoms with Crippen LogP contribution in [0, 0.1) is 6.42 Å². The van der Waals surface area contributed by atoms with Gasteiger partial charge in [-0.15, -0.1) is 0 Å². The fraction of sp³-hybridized carbons (Fsp3) is 0.833. The van der Waals surface area contributed by atoms with E-state index in [0.29, 0.717) is 6.54 Å². The fourth-order valence-electron chi connectivity index (χ4n) is 0.473. The van der Waals surface area contributed by atoms with Gasteiger partial charge in [0.2, 0.25) is 0 Å². The van der Waals surface area contributed by atoms with Crippen LogP contribution in [0.1, 0.15) is 26.2 Å². The number of hydrogen-bond donors (Lipinski definition) is 0. The van der Waals surface area contributed by atoms with Gasteiger partial charge in [-0.05, 0) is 0 Å². The molecule has 1 N–H and O–H groups in total. The summed E-state index contributed by atoms with van der Waals surface area (Å²) in [6, 6.07) is 0. The predicted molar refractivity (Wildman–Crippen MR) is 33.0 cm³/mol. The smallest absolute Gasteiger partial charge is 0 e. The average Bonchev–Trinajstić information content (AvgIpc) is 1.69. The van der Waals surface area contributed by atoms with Crippen LogP contribution in [0.4, 0.5) is 0 Å². The Morgan fingerprint density at radius 2 is 2.00 bits per heavy atom. The van der Waals surface area contributed by atoms with Crippen LogP contribution in [-0.4, -0.2) is 6.54 Å². The molecule has 1 nitrogen and oxygen atoms in total. The van der Waals surface area contributed by atoms with Gasteiger partial charge < -0.3 is 12.2 Å². The number of nitrogens with one attached hydrogen (secondary N) is 1. The van der Waals surface area contributed by atoms with Gasteiger partial charge >= 0.3 is 0 Å². The summed E-state index contributed by atoms with van der Waals surface area (Å²) in [5.41, 5.74) is 6.77. The van der Waals surface area contributed by atoms with E-state index in [1.807, 2.05) is 0 Å². The zero-order valence-corrected chi connectivity index (χ0v) is 7.31. The molecule has 0 atom stereocenters. The molecule has 0 aliphatic heterocycles. The summed E-state index contributed by atoms with van der Waals surface area (Å²) >= 11 is 0. The van der Waals surface area contributed by atoms with E-state index in [4.69, 9.17) is 5.73 Å². The molecule has 0 rings (SSSR count). The maximum atomic E-state index is 6.77. The van der Waals surface area contributed by atoms with Gasteiger partial charge in [-0.2, -0.15) is 19.9 Å². The molecule has 59 valence electrons. The molecule has 0 amide bonds. The molecule has 1 radical (unpaired) electrons. The molecule has 0 saturated carbocycles. The minimum Gasteiger partial charge on any atom is -0.677 e. The van der Waals surface area contributed by atoms with E-state index in [1.54, 1.807) is 0 Å². The van der Waals surface area contributed by atoms with Crippen LogP contribution in [0.25, 0.3) is 5.73 Å². The Balaban J connectivity index is 0. The SMILES string of the molecule is C[CH-]CCCC[NH-].[Lr]. The molecule has 0 unspecified atom stereocenters. The summed E-state index contributed by atoms with van der Waals surface area (Å²) in [6.45, 7) is 2.65. The van der Waals surface area contributed by atoms with Gasteiger partial charge in [0, 0.05) is 0 Å². The first-order valence-corrected chi connectivity index (χ1v) is 2.84. The normalized spacial score (nSPS) is 8.25. The van der Waals surface area contributed by atoms with Crippen LogP contribution in [0.2, 0.25) is 0 Å². The van der Waals surface area contributed by atoms with Crippen molar-refractivity contribution in [3.05, 3.63) is 12.2 Å². The Hall–Kier alpha value is -1.04. The van der Waals surface area contributed by atoms with Gasteiger partial charge in [-0.25, -0.2) is 0 Å². The van der Waals surface area contributed by atoms with E-state index < -0.39 is 0 Å². The van der Waals surface area contributed by atoms with Crippen LogP contribution in [0.5, 0.6) is 0 Å². The molecular weight excluding hydrogens is 348 g/mol. The molecule has 0 bridgehead atoms. The van der Waals surface area contributed by atoms with Crippen molar-refractivity contribution in [1.29, 1.82) is 0 Å². The first-order valence-electron chi connectivity index (χ1n) is 2.84. The Labute approximate surface area is 45.9 Å². The van der Waals surface area contributed by atoms with E-state index in [1.165, 1.54) is 12.8 Å². The van der Waals surface area contributed by atoms with Crippen LogP contribution in [0.3, 0.4) is 0 Å². The van der Waals surface area contributed by atoms with Crippen molar-refractivity contribution in [2.75, 3.05) is 6.54 Å². The predicted octanol–water partition coefficient (Wildman–Crippen LogP) is 2.43. The van der Waals surface area contributed by atoms with Gasteiger partial charge in [-0.1, -0.05) is 12.8 Å². The Morgan fingerprint density at radius 3 is 2.38 bits per heavy atom. The van der Waals surface area contributed by atoms with Gasteiger partial charge in [0.15, 0.2) is 0 Å². The first-order chi connectivity index (χ1) is 3.41. The molecule has 0 spiro atoms. The second-order valence-electron chi connectivity index (χ2n) is 1.65. The second kappa shape index (κ2) is 9.35. The van der Waals surface area contributed by atoms with Crippen LogP contribution in [-0.2, 0) is 0 Å². The van der Waals surface area contributed by atoms with Crippen molar-refractivity contribution >= 4 is 0 Å². The van der Waals surface area contributed by atoms with Crippen LogP contribution < -0.4 is 0 Å². The molecule has 2 heteroatoms. The minimum atomic E-state index is 0. The van der Waals surface area contributed by atoms with E-state index in [2.05, 4.69) is 13.3 Å². The van der Waals surface area contributed by atoms with Gasteiger partial charge in [0.25, 0.3) is 0 Å². The summed E-state index contributed by atoms with van der Waals surface area (Å²) in [6.07, 6.45) is 5.58. The summed E-state index contributed by atoms with van der Waals surface area (Å²) in [5, 5.41) is 0. The third kappa shape index (κ3) is 8.88. The van der Waals surface area contributed by atoms with Crippen molar-refractivity contribution in [3.63, 3.8) is 0 Å². The van der Waals surface area contributed by atoms with Gasteiger partial charge in [0.05, 0.1) is 0 Å². The molecule has 0 fully saturated rings. The maximum Gasteiger partial charge on any atom is 0 e. The maximum absolute atomic E-state index is 6.77. The zero-order valence-electron chi connectivity index (χ0n) is 5.16. The zero-order chi connectivity index (χ0) is 5.54. The number of rotatable bonds is 4. The summed E-state index contributed by atoms with van der Waals surface area (Å²) in [7, 11) is 0. The molecule has 8 heavy (non-hydrogen) atoms. The van der Waals surface area contributed by atoms with E-state index >= 15 is 0 Å². The van der Waals surface area contributed by atoms with Gasteiger partial charge in [0.1, 0.15) is 0 Å². The molecule has 0 heterocycles. The quantitative estimate of drug-likeness (QED) is 0.543. The second-order valence-corrected chi connectivity index (χ2v) is 1.65. The molecule has 0 aromatic rings.